The third kappa shape index (κ3) is 3.08. The highest BCUT2D eigenvalue weighted by atomic mass is 16.5. The molecule has 136 valence electrons. The Balaban J connectivity index is 1.52. The van der Waals surface area contributed by atoms with Gasteiger partial charge in [0.05, 0.1) is 38.3 Å². The maximum absolute atomic E-state index is 12.8. The number of aryl methyl sites for hydroxylation is 1. The quantitative estimate of drug-likeness (QED) is 0.810. The van der Waals surface area contributed by atoms with Crippen LogP contribution in [0.2, 0.25) is 0 Å². The zero-order valence-electron chi connectivity index (χ0n) is 14.8. The zero-order chi connectivity index (χ0) is 18.1. The smallest absolute Gasteiger partial charge is 0.274 e. The van der Waals surface area contributed by atoms with Crippen molar-refractivity contribution in [3.8, 4) is 5.88 Å². The van der Waals surface area contributed by atoms with Crippen molar-refractivity contribution in [2.24, 2.45) is 0 Å². The molecule has 0 saturated carbocycles. The molecule has 2 saturated heterocycles. The Hall–Kier alpha value is -2.74. The second-order valence-corrected chi connectivity index (χ2v) is 6.48. The molecule has 0 bridgehead atoms. The molecule has 8 nitrogen and oxygen atoms in total. The van der Waals surface area contributed by atoms with E-state index in [1.54, 1.807) is 4.90 Å². The van der Waals surface area contributed by atoms with E-state index in [0.717, 1.165) is 17.9 Å². The van der Waals surface area contributed by atoms with Crippen LogP contribution in [0.5, 0.6) is 5.88 Å². The van der Waals surface area contributed by atoms with E-state index in [9.17, 15) is 4.79 Å². The SMILES string of the molecule is COc1cnc(C(=O)N2C[C@@H]3OCCN(c4ccnc(C)c4)[C@H]3C2)cn1. The van der Waals surface area contributed by atoms with Gasteiger partial charge in [0.1, 0.15) is 5.69 Å². The number of hydrogen-bond acceptors (Lipinski definition) is 7. The van der Waals surface area contributed by atoms with Gasteiger partial charge in [-0.3, -0.25) is 9.78 Å². The van der Waals surface area contributed by atoms with Gasteiger partial charge in [0.25, 0.3) is 5.91 Å². The summed E-state index contributed by atoms with van der Waals surface area (Å²) in [6.45, 7) is 4.58. The van der Waals surface area contributed by atoms with E-state index in [2.05, 4.69) is 25.9 Å². The van der Waals surface area contributed by atoms with Crippen LogP contribution < -0.4 is 9.64 Å². The number of amides is 1. The minimum Gasteiger partial charge on any atom is -0.480 e. The fourth-order valence-electron chi connectivity index (χ4n) is 3.58. The van der Waals surface area contributed by atoms with Crippen LogP contribution in [-0.2, 0) is 4.74 Å². The minimum absolute atomic E-state index is 0.00706. The van der Waals surface area contributed by atoms with Crippen molar-refractivity contribution < 1.29 is 14.3 Å². The van der Waals surface area contributed by atoms with Crippen LogP contribution >= 0.6 is 0 Å². The highest BCUT2D eigenvalue weighted by molar-refractivity contribution is 5.92. The van der Waals surface area contributed by atoms with Crippen molar-refractivity contribution in [2.45, 2.75) is 19.1 Å². The molecule has 2 atom stereocenters. The summed E-state index contributed by atoms with van der Waals surface area (Å²) < 4.78 is 10.9. The number of pyridine rings is 1. The number of methoxy groups -OCH3 is 1. The van der Waals surface area contributed by atoms with Crippen LogP contribution in [0.4, 0.5) is 5.69 Å². The van der Waals surface area contributed by atoms with Gasteiger partial charge in [0.15, 0.2) is 0 Å². The predicted molar refractivity (Wildman–Crippen MR) is 94.3 cm³/mol. The maximum Gasteiger partial charge on any atom is 0.274 e. The molecule has 0 spiro atoms. The standard InChI is InChI=1S/C18H21N5O3/c1-12-7-13(3-4-19-12)23-5-6-26-16-11-22(10-15(16)23)18(24)14-8-21-17(25-2)9-20-14/h3-4,7-9,15-16H,5-6,10-11H2,1-2H3/t15-,16-/m0/s1. The highest BCUT2D eigenvalue weighted by Gasteiger charge is 2.42. The number of carbonyl (C=O) groups is 1. The third-order valence-electron chi connectivity index (χ3n) is 4.86. The van der Waals surface area contributed by atoms with E-state index in [4.69, 9.17) is 9.47 Å². The minimum atomic E-state index is -0.135. The summed E-state index contributed by atoms with van der Waals surface area (Å²) in [5.74, 6) is 0.253. The highest BCUT2D eigenvalue weighted by Crippen LogP contribution is 2.28. The van der Waals surface area contributed by atoms with Crippen LogP contribution in [0.3, 0.4) is 0 Å². The van der Waals surface area contributed by atoms with Crippen LogP contribution in [0, 0.1) is 6.92 Å². The molecule has 2 aromatic heterocycles. The van der Waals surface area contributed by atoms with Crippen molar-refractivity contribution in [2.75, 3.05) is 38.3 Å². The number of rotatable bonds is 3. The number of hydrogen-bond donors (Lipinski definition) is 0. The summed E-state index contributed by atoms with van der Waals surface area (Å²) in [6, 6.07) is 4.21. The second kappa shape index (κ2) is 6.87. The molecule has 2 aromatic rings. The van der Waals surface area contributed by atoms with Gasteiger partial charge in [-0.05, 0) is 19.1 Å². The summed E-state index contributed by atoms with van der Waals surface area (Å²) in [4.78, 5) is 29.4. The van der Waals surface area contributed by atoms with Gasteiger partial charge >= 0.3 is 0 Å². The number of carbonyl (C=O) groups excluding carboxylic acids is 1. The first-order valence-corrected chi connectivity index (χ1v) is 8.62. The van der Waals surface area contributed by atoms with E-state index in [-0.39, 0.29) is 18.1 Å². The van der Waals surface area contributed by atoms with Crippen molar-refractivity contribution in [1.82, 2.24) is 19.9 Å². The van der Waals surface area contributed by atoms with Crippen LogP contribution in [0.25, 0.3) is 0 Å². The molecule has 8 heteroatoms. The fourth-order valence-corrected chi connectivity index (χ4v) is 3.58. The summed E-state index contributed by atoms with van der Waals surface area (Å²) in [5, 5.41) is 0. The van der Waals surface area contributed by atoms with E-state index >= 15 is 0 Å². The van der Waals surface area contributed by atoms with E-state index in [1.165, 1.54) is 19.5 Å². The van der Waals surface area contributed by atoms with Gasteiger partial charge in [0, 0.05) is 37.2 Å². The Morgan fingerprint density at radius 2 is 2.15 bits per heavy atom. The number of aromatic nitrogens is 3. The number of likely N-dealkylation sites (tertiary alicyclic amines) is 1. The average molecular weight is 355 g/mol. The molecule has 2 aliphatic rings. The van der Waals surface area contributed by atoms with Crippen LogP contribution in [0.15, 0.2) is 30.7 Å². The molecule has 0 N–H and O–H groups in total. The predicted octanol–water partition coefficient (Wildman–Crippen LogP) is 0.918. The van der Waals surface area contributed by atoms with Gasteiger partial charge in [-0.15, -0.1) is 0 Å². The monoisotopic (exact) mass is 355 g/mol. The van der Waals surface area contributed by atoms with E-state index < -0.39 is 0 Å². The lowest BCUT2D eigenvalue weighted by molar-refractivity contribution is 0.0301. The Bertz CT molecular complexity index is 798. The molecule has 1 amide bonds. The zero-order valence-corrected chi connectivity index (χ0v) is 14.8. The second-order valence-electron chi connectivity index (χ2n) is 6.48. The molecule has 0 aromatic carbocycles. The Kier molecular flexibility index (Phi) is 4.42. The molecule has 26 heavy (non-hydrogen) atoms. The van der Waals surface area contributed by atoms with Crippen molar-refractivity contribution in [3.05, 3.63) is 42.1 Å². The van der Waals surface area contributed by atoms with Crippen LogP contribution in [-0.4, -0.2) is 71.3 Å². The largest absolute Gasteiger partial charge is 0.480 e. The molecule has 0 aliphatic carbocycles. The summed E-state index contributed by atoms with van der Waals surface area (Å²) in [6.07, 6.45) is 4.72. The lowest BCUT2D eigenvalue weighted by Crippen LogP contribution is -2.51. The number of fused-ring (bicyclic) bond motifs is 1. The molecular weight excluding hydrogens is 334 g/mol. The number of morpholine rings is 1. The number of ether oxygens (including phenoxy) is 2. The topological polar surface area (TPSA) is 80.7 Å². The van der Waals surface area contributed by atoms with Gasteiger partial charge in [0.2, 0.25) is 5.88 Å². The molecule has 2 aliphatic heterocycles. The molecule has 2 fully saturated rings. The Labute approximate surface area is 151 Å². The molecule has 4 rings (SSSR count). The number of nitrogens with zero attached hydrogens (tertiary/aromatic N) is 5. The lowest BCUT2D eigenvalue weighted by Gasteiger charge is -2.38. The van der Waals surface area contributed by atoms with Gasteiger partial charge in [-0.2, -0.15) is 0 Å². The van der Waals surface area contributed by atoms with Crippen molar-refractivity contribution in [3.63, 3.8) is 0 Å². The van der Waals surface area contributed by atoms with Gasteiger partial charge < -0.3 is 19.3 Å². The molecular formula is C18H21N5O3. The van der Waals surface area contributed by atoms with E-state index in [1.807, 2.05) is 19.2 Å². The Morgan fingerprint density at radius 3 is 2.88 bits per heavy atom. The first-order chi connectivity index (χ1) is 12.7. The van der Waals surface area contributed by atoms with Gasteiger partial charge in [-0.25, -0.2) is 9.97 Å². The summed E-state index contributed by atoms with van der Waals surface area (Å²) in [5.41, 5.74) is 2.41. The van der Waals surface area contributed by atoms with Gasteiger partial charge in [-0.1, -0.05) is 0 Å². The molecule has 0 radical (unpaired) electrons. The van der Waals surface area contributed by atoms with E-state index in [0.29, 0.717) is 31.3 Å². The van der Waals surface area contributed by atoms with Crippen molar-refractivity contribution >= 4 is 11.6 Å². The first kappa shape index (κ1) is 16.7. The van der Waals surface area contributed by atoms with Crippen molar-refractivity contribution in [1.29, 1.82) is 0 Å². The first-order valence-electron chi connectivity index (χ1n) is 8.62. The molecule has 4 heterocycles. The Morgan fingerprint density at radius 1 is 1.27 bits per heavy atom. The summed E-state index contributed by atoms with van der Waals surface area (Å²) >= 11 is 0. The fraction of sp³-hybridized carbons (Fsp3) is 0.444. The molecule has 0 unspecified atom stereocenters. The number of anilines is 1. The van der Waals surface area contributed by atoms with Crippen LogP contribution in [0.1, 0.15) is 16.2 Å². The maximum atomic E-state index is 12.8. The third-order valence-corrected chi connectivity index (χ3v) is 4.86. The normalized spacial score (nSPS) is 22.2. The lowest BCUT2D eigenvalue weighted by atomic mass is 10.1. The summed E-state index contributed by atoms with van der Waals surface area (Å²) in [7, 11) is 1.52. The average Bonchev–Trinajstić information content (AvgIpc) is 3.11.